The number of benzene rings is 1. The number of carboxylic acid groups (broad SMARTS) is 1. The van der Waals surface area contributed by atoms with E-state index in [2.05, 4.69) is 5.32 Å². The van der Waals surface area contributed by atoms with Gasteiger partial charge in [-0.05, 0) is 24.7 Å². The maximum Gasteiger partial charge on any atom is 0.321 e. The van der Waals surface area contributed by atoms with Crippen LogP contribution < -0.4 is 10.1 Å². The Hall–Kier alpha value is -1.59. The molecule has 1 fully saturated rings. The molecule has 0 aromatic heterocycles. The number of carboxylic acids is 1. The quantitative estimate of drug-likeness (QED) is 0.803. The molecule has 1 saturated heterocycles. The van der Waals surface area contributed by atoms with E-state index in [-0.39, 0.29) is 0 Å². The second-order valence-corrected chi connectivity index (χ2v) is 4.44. The van der Waals surface area contributed by atoms with Crippen molar-refractivity contribution in [1.29, 1.82) is 0 Å². The average Bonchev–Trinajstić information content (AvgIpc) is 2.33. The molecule has 5 heteroatoms. The fourth-order valence-electron chi connectivity index (χ4n) is 2.38. The van der Waals surface area contributed by atoms with Crippen LogP contribution in [0.2, 0.25) is 0 Å². The van der Waals surface area contributed by atoms with Gasteiger partial charge in [-0.15, -0.1) is 0 Å². The van der Waals surface area contributed by atoms with E-state index in [4.69, 9.17) is 9.47 Å². The van der Waals surface area contributed by atoms with Crippen LogP contribution in [0.15, 0.2) is 24.3 Å². The van der Waals surface area contributed by atoms with Gasteiger partial charge in [0.15, 0.2) is 0 Å². The van der Waals surface area contributed by atoms with Gasteiger partial charge in [0.25, 0.3) is 0 Å². The smallest absolute Gasteiger partial charge is 0.321 e. The summed E-state index contributed by atoms with van der Waals surface area (Å²) in [6, 6.07) is 6.82. The van der Waals surface area contributed by atoms with Gasteiger partial charge in [-0.25, -0.2) is 0 Å². The molecule has 0 spiro atoms. The van der Waals surface area contributed by atoms with Crippen molar-refractivity contribution < 1.29 is 19.4 Å². The number of likely N-dealkylation sites (N-methyl/N-ethyl adjacent to an activating group) is 1. The number of ether oxygens (including phenoxy) is 2. The molecule has 98 valence electrons. The zero-order valence-corrected chi connectivity index (χ0v) is 10.5. The number of carbonyl (C=O) groups is 1. The zero-order chi connectivity index (χ0) is 13.2. The van der Waals surface area contributed by atoms with Gasteiger partial charge in [0.05, 0.1) is 25.7 Å². The summed E-state index contributed by atoms with van der Waals surface area (Å²) in [6.07, 6.45) is 0. The van der Waals surface area contributed by atoms with Crippen LogP contribution in [0.4, 0.5) is 0 Å². The maximum atomic E-state index is 11.3. The number of nitrogens with one attached hydrogen (secondary N) is 1. The molecule has 2 N–H and O–H groups in total. The van der Waals surface area contributed by atoms with E-state index in [1.54, 1.807) is 14.2 Å². The molecule has 1 unspecified atom stereocenters. The molecule has 18 heavy (non-hydrogen) atoms. The molecule has 2 rings (SSSR count). The lowest BCUT2D eigenvalue weighted by atomic mass is 9.72. The van der Waals surface area contributed by atoms with Crippen LogP contribution >= 0.6 is 0 Å². The summed E-state index contributed by atoms with van der Waals surface area (Å²) in [4.78, 5) is 11.3. The van der Waals surface area contributed by atoms with Crippen LogP contribution in [0.3, 0.4) is 0 Å². The maximum absolute atomic E-state index is 11.3. The van der Waals surface area contributed by atoms with Gasteiger partial charge in [0.2, 0.25) is 0 Å². The van der Waals surface area contributed by atoms with Crippen molar-refractivity contribution >= 4 is 5.97 Å². The Labute approximate surface area is 106 Å². The van der Waals surface area contributed by atoms with E-state index >= 15 is 0 Å². The first-order chi connectivity index (χ1) is 8.64. The molecule has 0 amide bonds. The summed E-state index contributed by atoms with van der Waals surface area (Å²) >= 11 is 0. The number of rotatable bonds is 5. The van der Waals surface area contributed by atoms with Gasteiger partial charge in [-0.3, -0.25) is 4.79 Å². The highest BCUT2D eigenvalue weighted by Crippen LogP contribution is 2.36. The molecular weight excluding hydrogens is 234 g/mol. The molecule has 1 aliphatic heterocycles. The van der Waals surface area contributed by atoms with E-state index < -0.39 is 17.4 Å². The lowest BCUT2D eigenvalue weighted by Gasteiger charge is -2.45. The fourth-order valence-corrected chi connectivity index (χ4v) is 2.38. The van der Waals surface area contributed by atoms with Crippen molar-refractivity contribution in [3.8, 4) is 5.75 Å². The molecule has 0 radical (unpaired) electrons. The molecule has 1 aromatic rings. The summed E-state index contributed by atoms with van der Waals surface area (Å²) in [6.45, 7) is 0.828. The molecular formula is C13H17NO4. The minimum Gasteiger partial charge on any atom is -0.497 e. The SMILES string of the molecule is CNC(C(=O)O)C1(c2ccc(OC)cc2)COC1. The monoisotopic (exact) mass is 251 g/mol. The summed E-state index contributed by atoms with van der Waals surface area (Å²) < 4.78 is 10.4. The normalized spacial score (nSPS) is 18.8. The summed E-state index contributed by atoms with van der Waals surface area (Å²) in [7, 11) is 3.26. The van der Waals surface area contributed by atoms with E-state index in [0.29, 0.717) is 13.2 Å². The van der Waals surface area contributed by atoms with Gasteiger partial charge in [0.1, 0.15) is 11.8 Å². The van der Waals surface area contributed by atoms with Crippen LogP contribution in [-0.2, 0) is 14.9 Å². The van der Waals surface area contributed by atoms with Crippen LogP contribution in [0.25, 0.3) is 0 Å². The lowest BCUT2D eigenvalue weighted by molar-refractivity contribution is -0.150. The largest absolute Gasteiger partial charge is 0.497 e. The first-order valence-corrected chi connectivity index (χ1v) is 5.76. The molecule has 0 aliphatic carbocycles. The van der Waals surface area contributed by atoms with Crippen molar-refractivity contribution in [1.82, 2.24) is 5.32 Å². The minimum atomic E-state index is -0.864. The standard InChI is InChI=1S/C13H17NO4/c1-14-11(12(15)16)13(7-18-8-13)9-3-5-10(17-2)6-4-9/h3-6,11,14H,7-8H2,1-2H3,(H,15,16). The molecule has 1 heterocycles. The van der Waals surface area contributed by atoms with Gasteiger partial charge in [0, 0.05) is 0 Å². The highest BCUT2D eigenvalue weighted by molar-refractivity contribution is 5.76. The molecule has 0 saturated carbocycles. The number of methoxy groups -OCH3 is 1. The second kappa shape index (κ2) is 4.96. The van der Waals surface area contributed by atoms with E-state index in [1.807, 2.05) is 24.3 Å². The Kier molecular flexibility index (Phi) is 3.54. The van der Waals surface area contributed by atoms with Gasteiger partial charge < -0.3 is 19.9 Å². The first kappa shape index (κ1) is 12.9. The van der Waals surface area contributed by atoms with Crippen molar-refractivity contribution in [2.75, 3.05) is 27.4 Å². The highest BCUT2D eigenvalue weighted by atomic mass is 16.5. The van der Waals surface area contributed by atoms with Crippen LogP contribution in [-0.4, -0.2) is 44.5 Å². The Balaban J connectivity index is 2.33. The molecule has 1 atom stereocenters. The predicted octanol–water partition coefficient (Wildman–Crippen LogP) is 0.636. The molecule has 1 aromatic carbocycles. The topological polar surface area (TPSA) is 67.8 Å². The van der Waals surface area contributed by atoms with Gasteiger partial charge in [-0.1, -0.05) is 12.1 Å². The van der Waals surface area contributed by atoms with E-state index in [9.17, 15) is 9.90 Å². The summed E-state index contributed by atoms with van der Waals surface area (Å²) in [5, 5.41) is 12.2. The Bertz CT molecular complexity index is 425. The van der Waals surface area contributed by atoms with Crippen LogP contribution in [0.1, 0.15) is 5.56 Å². The van der Waals surface area contributed by atoms with Crippen molar-refractivity contribution in [3.63, 3.8) is 0 Å². The third-order valence-corrected chi connectivity index (χ3v) is 3.47. The minimum absolute atomic E-state index is 0.414. The van der Waals surface area contributed by atoms with Crippen LogP contribution in [0.5, 0.6) is 5.75 Å². The molecule has 5 nitrogen and oxygen atoms in total. The average molecular weight is 251 g/mol. The Morgan fingerprint density at radius 1 is 1.44 bits per heavy atom. The van der Waals surface area contributed by atoms with Gasteiger partial charge in [-0.2, -0.15) is 0 Å². The molecule has 0 bridgehead atoms. The zero-order valence-electron chi connectivity index (χ0n) is 10.5. The first-order valence-electron chi connectivity index (χ1n) is 5.76. The van der Waals surface area contributed by atoms with Crippen LogP contribution in [0, 0.1) is 0 Å². The third kappa shape index (κ3) is 1.95. The Morgan fingerprint density at radius 2 is 2.06 bits per heavy atom. The number of hydrogen-bond donors (Lipinski definition) is 2. The second-order valence-electron chi connectivity index (χ2n) is 4.44. The van der Waals surface area contributed by atoms with Crippen molar-refractivity contribution in [2.24, 2.45) is 0 Å². The Morgan fingerprint density at radius 3 is 2.39 bits per heavy atom. The number of hydrogen-bond acceptors (Lipinski definition) is 4. The lowest BCUT2D eigenvalue weighted by Crippen LogP contribution is -2.62. The van der Waals surface area contributed by atoms with E-state index in [0.717, 1.165) is 11.3 Å². The summed E-state index contributed by atoms with van der Waals surface area (Å²) in [5.74, 6) is -0.109. The van der Waals surface area contributed by atoms with Crippen molar-refractivity contribution in [3.05, 3.63) is 29.8 Å². The highest BCUT2D eigenvalue weighted by Gasteiger charge is 2.50. The fraction of sp³-hybridized carbons (Fsp3) is 0.462. The number of aliphatic carboxylic acids is 1. The van der Waals surface area contributed by atoms with Gasteiger partial charge >= 0.3 is 5.97 Å². The van der Waals surface area contributed by atoms with E-state index in [1.165, 1.54) is 0 Å². The third-order valence-electron chi connectivity index (χ3n) is 3.47. The van der Waals surface area contributed by atoms with Crippen molar-refractivity contribution in [2.45, 2.75) is 11.5 Å². The summed E-state index contributed by atoms with van der Waals surface area (Å²) in [5.41, 5.74) is 0.462. The molecule has 1 aliphatic rings. The predicted molar refractivity (Wildman–Crippen MR) is 66.0 cm³/mol.